The number of aldehydes is 1. The third kappa shape index (κ3) is 4.85. The van der Waals surface area contributed by atoms with Crippen LogP contribution in [0.2, 0.25) is 0 Å². The topological polar surface area (TPSA) is 150 Å². The van der Waals surface area contributed by atoms with E-state index >= 15 is 0 Å². The van der Waals surface area contributed by atoms with Gasteiger partial charge in [0.05, 0.1) is 13.2 Å². The molecule has 4 aliphatic rings. The van der Waals surface area contributed by atoms with Gasteiger partial charge in [0, 0.05) is 29.9 Å². The highest BCUT2D eigenvalue weighted by molar-refractivity contribution is 6.02. The number of likely N-dealkylation sites (tertiary alicyclic amines) is 1. The number of ether oxygens (including phenoxy) is 1. The van der Waals surface area contributed by atoms with Gasteiger partial charge in [0.2, 0.25) is 17.7 Å². The van der Waals surface area contributed by atoms with Gasteiger partial charge in [-0.2, -0.15) is 0 Å². The van der Waals surface area contributed by atoms with Crippen LogP contribution < -0.4 is 20.7 Å². The molecule has 4 amide bonds. The summed E-state index contributed by atoms with van der Waals surface area (Å²) in [6.45, 7) is 5.17. The van der Waals surface area contributed by atoms with E-state index in [0.717, 1.165) is 23.7 Å². The third-order valence-corrected chi connectivity index (χ3v) is 9.69. The van der Waals surface area contributed by atoms with Gasteiger partial charge in [-0.1, -0.05) is 19.9 Å². The van der Waals surface area contributed by atoms with Gasteiger partial charge >= 0.3 is 0 Å². The summed E-state index contributed by atoms with van der Waals surface area (Å²) in [5, 5.41) is 9.31. The first kappa shape index (κ1) is 27.3. The molecule has 4 N–H and O–H groups in total. The Bertz CT molecular complexity index is 1410. The highest BCUT2D eigenvalue weighted by Crippen LogP contribution is 2.65. The molecule has 4 fully saturated rings. The molecule has 11 heteroatoms. The summed E-state index contributed by atoms with van der Waals surface area (Å²) in [6.07, 6.45) is 3.16. The number of fused-ring (bicyclic) bond motifs is 2. The average Bonchev–Trinajstić information content (AvgIpc) is 3.62. The normalized spacial score (nSPS) is 27.5. The van der Waals surface area contributed by atoms with Crippen LogP contribution >= 0.6 is 0 Å². The number of aromatic amines is 1. The summed E-state index contributed by atoms with van der Waals surface area (Å²) in [5.41, 5.74) is 0.970. The largest absolute Gasteiger partial charge is 0.496 e. The lowest BCUT2D eigenvalue weighted by atomic mass is 9.97. The lowest BCUT2D eigenvalue weighted by Crippen LogP contribution is -2.57. The molecule has 0 unspecified atom stereocenters. The molecule has 6 atom stereocenters. The number of benzene rings is 1. The lowest BCUT2D eigenvalue weighted by molar-refractivity contribution is -0.142. The maximum atomic E-state index is 14.0. The molecule has 2 aromatic rings. The summed E-state index contributed by atoms with van der Waals surface area (Å²) < 4.78 is 5.41. The molecule has 0 spiro atoms. The quantitative estimate of drug-likeness (QED) is 0.321. The van der Waals surface area contributed by atoms with Crippen molar-refractivity contribution in [2.24, 2.45) is 29.1 Å². The number of hydrogen-bond donors (Lipinski definition) is 4. The maximum Gasteiger partial charge on any atom is 0.268 e. The Morgan fingerprint density at radius 3 is 2.63 bits per heavy atom. The second-order valence-corrected chi connectivity index (χ2v) is 12.5. The number of hydrogen-bond acceptors (Lipinski definition) is 6. The number of rotatable bonds is 10. The molecule has 0 bridgehead atoms. The van der Waals surface area contributed by atoms with E-state index in [1.165, 1.54) is 0 Å². The minimum absolute atomic E-state index is 0.00242. The predicted octanol–water partition coefficient (Wildman–Crippen LogP) is 1.38. The Labute approximate surface area is 238 Å². The molecule has 2 saturated carbocycles. The molecule has 41 heavy (non-hydrogen) atoms. The van der Waals surface area contributed by atoms with Crippen LogP contribution in [0.1, 0.15) is 50.0 Å². The van der Waals surface area contributed by atoms with Crippen molar-refractivity contribution in [2.45, 2.75) is 57.7 Å². The Hall–Kier alpha value is -3.89. The Balaban J connectivity index is 1.19. The Morgan fingerprint density at radius 2 is 1.98 bits per heavy atom. The fraction of sp³-hybridized carbons (Fsp3) is 0.567. The highest BCUT2D eigenvalue weighted by Gasteiger charge is 2.69. The Morgan fingerprint density at radius 1 is 1.20 bits per heavy atom. The van der Waals surface area contributed by atoms with Crippen LogP contribution in [0.4, 0.5) is 0 Å². The zero-order valence-corrected chi connectivity index (χ0v) is 23.6. The molecule has 6 rings (SSSR count). The van der Waals surface area contributed by atoms with Crippen molar-refractivity contribution in [1.82, 2.24) is 25.8 Å². The molecular formula is C30H37N5O6. The van der Waals surface area contributed by atoms with E-state index in [2.05, 4.69) is 34.8 Å². The first-order chi connectivity index (χ1) is 19.6. The van der Waals surface area contributed by atoms with E-state index in [1.54, 1.807) is 18.1 Å². The number of nitrogens with zero attached hydrogens (tertiary/aromatic N) is 1. The van der Waals surface area contributed by atoms with E-state index < -0.39 is 24.0 Å². The molecule has 2 saturated heterocycles. The second-order valence-electron chi connectivity index (χ2n) is 12.5. The van der Waals surface area contributed by atoms with Gasteiger partial charge in [0.25, 0.3) is 5.91 Å². The summed E-state index contributed by atoms with van der Waals surface area (Å²) in [4.78, 5) is 69.6. The fourth-order valence-corrected chi connectivity index (χ4v) is 7.04. The molecule has 0 radical (unpaired) electrons. The molecule has 1 aromatic carbocycles. The smallest absolute Gasteiger partial charge is 0.268 e. The standard InChI is InChI=1S/C30H37N5O6/c1-30(2)19-13-35(25(23(19)30)28(39)32-17(14-36)11-16-9-10-31-26(16)37)29(40)24(15-7-8-15)34-27(38)21-12-18-20(33-21)5-4-6-22(18)41-3/h4-6,12,14-17,19,23-25,33H,7-11,13H2,1-3H3,(H,31,37)(H,32,39)(H,34,38)/t16-,17-,19-,23-,24-,25-/m0/s1. The van der Waals surface area contributed by atoms with Crippen LogP contribution in [0.25, 0.3) is 10.9 Å². The van der Waals surface area contributed by atoms with Crippen molar-refractivity contribution < 1.29 is 28.7 Å². The minimum Gasteiger partial charge on any atom is -0.496 e. The van der Waals surface area contributed by atoms with Gasteiger partial charge in [-0.15, -0.1) is 0 Å². The van der Waals surface area contributed by atoms with Gasteiger partial charge < -0.3 is 35.4 Å². The van der Waals surface area contributed by atoms with Crippen molar-refractivity contribution >= 4 is 40.8 Å². The van der Waals surface area contributed by atoms with Gasteiger partial charge in [0.15, 0.2) is 0 Å². The molecular weight excluding hydrogens is 526 g/mol. The molecule has 3 heterocycles. The van der Waals surface area contributed by atoms with Gasteiger partial charge in [-0.3, -0.25) is 19.2 Å². The number of amides is 4. The van der Waals surface area contributed by atoms with E-state index in [-0.39, 0.29) is 53.2 Å². The van der Waals surface area contributed by atoms with Crippen LogP contribution in [-0.2, 0) is 19.2 Å². The Kier molecular flexibility index (Phi) is 6.78. The van der Waals surface area contributed by atoms with E-state index in [4.69, 9.17) is 4.74 Å². The number of H-pyrrole nitrogens is 1. The molecule has 2 aliphatic carbocycles. The number of carbonyl (C=O) groups excluding carboxylic acids is 5. The van der Waals surface area contributed by atoms with Crippen molar-refractivity contribution in [3.63, 3.8) is 0 Å². The first-order valence-electron chi connectivity index (χ1n) is 14.4. The predicted molar refractivity (Wildman–Crippen MR) is 149 cm³/mol. The van der Waals surface area contributed by atoms with E-state index in [0.29, 0.717) is 37.2 Å². The molecule has 1 aromatic heterocycles. The van der Waals surface area contributed by atoms with E-state index in [9.17, 15) is 24.0 Å². The summed E-state index contributed by atoms with van der Waals surface area (Å²) in [5.74, 6) is -0.703. The number of methoxy groups -OCH3 is 1. The number of carbonyl (C=O) groups is 5. The lowest BCUT2D eigenvalue weighted by Gasteiger charge is -2.33. The SMILES string of the molecule is COc1cccc2[nH]c(C(=O)N[C@H](C(=O)N3C[C@H]4[C@@H]([C@H]3C(=O)N[C@H](C=O)C[C@@H]3CCNC3=O)C4(C)C)C3CC3)cc12. The monoisotopic (exact) mass is 563 g/mol. The van der Waals surface area contributed by atoms with Crippen LogP contribution in [0, 0.1) is 29.1 Å². The molecule has 218 valence electrons. The molecule has 11 nitrogen and oxygen atoms in total. The van der Waals surface area contributed by atoms with Crippen molar-refractivity contribution in [1.29, 1.82) is 0 Å². The van der Waals surface area contributed by atoms with Crippen LogP contribution in [0.5, 0.6) is 5.75 Å². The zero-order valence-electron chi connectivity index (χ0n) is 23.6. The van der Waals surface area contributed by atoms with Crippen LogP contribution in [0.3, 0.4) is 0 Å². The number of aromatic nitrogens is 1. The summed E-state index contributed by atoms with van der Waals surface area (Å²) in [6, 6.07) is 4.91. The highest BCUT2D eigenvalue weighted by atomic mass is 16.5. The number of nitrogens with one attached hydrogen (secondary N) is 4. The van der Waals surface area contributed by atoms with Gasteiger partial charge in [0.1, 0.15) is 29.8 Å². The first-order valence-corrected chi connectivity index (χ1v) is 14.4. The van der Waals surface area contributed by atoms with Crippen molar-refractivity contribution in [2.75, 3.05) is 20.2 Å². The van der Waals surface area contributed by atoms with Crippen molar-refractivity contribution in [3.8, 4) is 5.75 Å². The maximum absolute atomic E-state index is 14.0. The fourth-order valence-electron chi connectivity index (χ4n) is 7.04. The van der Waals surface area contributed by atoms with Gasteiger partial charge in [-0.05, 0) is 67.1 Å². The minimum atomic E-state index is -0.813. The van der Waals surface area contributed by atoms with Crippen molar-refractivity contribution in [3.05, 3.63) is 30.0 Å². The van der Waals surface area contributed by atoms with Crippen LogP contribution in [-0.4, -0.2) is 78.1 Å². The summed E-state index contributed by atoms with van der Waals surface area (Å²) in [7, 11) is 1.57. The third-order valence-electron chi connectivity index (χ3n) is 9.69. The van der Waals surface area contributed by atoms with Gasteiger partial charge in [-0.25, -0.2) is 0 Å². The number of piperidine rings is 1. The van der Waals surface area contributed by atoms with E-state index in [1.807, 2.05) is 18.2 Å². The second kappa shape index (κ2) is 10.2. The average molecular weight is 564 g/mol. The molecule has 2 aliphatic heterocycles. The summed E-state index contributed by atoms with van der Waals surface area (Å²) >= 11 is 0. The zero-order chi connectivity index (χ0) is 29.1. The van der Waals surface area contributed by atoms with Crippen LogP contribution in [0.15, 0.2) is 24.3 Å².